The second kappa shape index (κ2) is 4.64. The van der Waals surface area contributed by atoms with Crippen LogP contribution in [0.15, 0.2) is 17.5 Å². The number of nitrogens with two attached hydrogens (primary N) is 1. The normalized spacial score (nSPS) is 36.7. The summed E-state index contributed by atoms with van der Waals surface area (Å²) in [6.45, 7) is 5.38. The summed E-state index contributed by atoms with van der Waals surface area (Å²) in [4.78, 5) is 1.43. The van der Waals surface area contributed by atoms with E-state index in [-0.39, 0.29) is 0 Å². The van der Waals surface area contributed by atoms with Gasteiger partial charge in [0.2, 0.25) is 0 Å². The number of piperidine rings is 1. The molecule has 1 aliphatic rings. The second-order valence-corrected chi connectivity index (χ2v) is 5.65. The minimum atomic E-state index is 0.466. The molecule has 0 aromatic carbocycles. The molecule has 2 heterocycles. The fraction of sp³-hybridized carbons (Fsp3) is 0.667. The molecule has 15 heavy (non-hydrogen) atoms. The Hall–Kier alpha value is -0.380. The van der Waals surface area contributed by atoms with Crippen LogP contribution in [-0.2, 0) is 0 Å². The van der Waals surface area contributed by atoms with Gasteiger partial charge in [0.25, 0.3) is 0 Å². The molecule has 1 aliphatic heterocycles. The van der Waals surface area contributed by atoms with Crippen LogP contribution in [0.25, 0.3) is 0 Å². The lowest BCUT2D eigenvalue weighted by Gasteiger charge is -2.39. The average molecular weight is 224 g/mol. The van der Waals surface area contributed by atoms with Crippen molar-refractivity contribution in [3.8, 4) is 0 Å². The Bertz CT molecular complexity index is 297. The molecule has 3 heteroatoms. The van der Waals surface area contributed by atoms with Gasteiger partial charge in [0.15, 0.2) is 0 Å². The first kappa shape index (κ1) is 11.1. The van der Waals surface area contributed by atoms with Crippen LogP contribution in [0.3, 0.4) is 0 Å². The molecule has 0 amide bonds. The zero-order valence-corrected chi connectivity index (χ0v) is 10.3. The van der Waals surface area contributed by atoms with Crippen molar-refractivity contribution in [3.05, 3.63) is 22.4 Å². The van der Waals surface area contributed by atoms with Gasteiger partial charge in [-0.2, -0.15) is 0 Å². The van der Waals surface area contributed by atoms with E-state index in [0.717, 1.165) is 12.5 Å². The maximum atomic E-state index is 5.90. The van der Waals surface area contributed by atoms with E-state index in [0.29, 0.717) is 18.0 Å². The van der Waals surface area contributed by atoms with Crippen molar-refractivity contribution in [3.63, 3.8) is 0 Å². The first-order valence-corrected chi connectivity index (χ1v) is 6.60. The summed E-state index contributed by atoms with van der Waals surface area (Å²) in [6, 6.07) is 5.42. The molecule has 1 saturated heterocycles. The highest BCUT2D eigenvalue weighted by Gasteiger charge is 2.33. The molecule has 0 spiro atoms. The zero-order chi connectivity index (χ0) is 10.8. The quantitative estimate of drug-likeness (QED) is 0.809. The predicted octanol–water partition coefficient (Wildman–Crippen LogP) is 2.38. The molecule has 3 N–H and O–H groups in total. The van der Waals surface area contributed by atoms with Crippen molar-refractivity contribution in [2.45, 2.75) is 32.4 Å². The third kappa shape index (κ3) is 2.25. The molecule has 0 saturated carbocycles. The van der Waals surface area contributed by atoms with Crippen LogP contribution in [-0.4, -0.2) is 12.6 Å². The van der Waals surface area contributed by atoms with E-state index < -0.39 is 0 Å². The van der Waals surface area contributed by atoms with Crippen LogP contribution in [0.1, 0.15) is 31.2 Å². The summed E-state index contributed by atoms with van der Waals surface area (Å²) in [5, 5.41) is 5.83. The van der Waals surface area contributed by atoms with Crippen LogP contribution in [0.2, 0.25) is 0 Å². The summed E-state index contributed by atoms with van der Waals surface area (Å²) in [5.41, 5.74) is 5.90. The van der Waals surface area contributed by atoms with Gasteiger partial charge in [0.1, 0.15) is 0 Å². The standard InChI is InChI=1S/C12H20N2S/c1-8-6-9(2)14-12(10(8)7-13)11-4-3-5-15-11/h3-5,8-10,12,14H,6-7,13H2,1-2H3. The summed E-state index contributed by atoms with van der Waals surface area (Å²) in [7, 11) is 0. The van der Waals surface area contributed by atoms with Gasteiger partial charge < -0.3 is 11.1 Å². The van der Waals surface area contributed by atoms with E-state index in [9.17, 15) is 0 Å². The van der Waals surface area contributed by atoms with E-state index >= 15 is 0 Å². The highest BCUT2D eigenvalue weighted by Crippen LogP contribution is 2.36. The van der Waals surface area contributed by atoms with Crippen molar-refractivity contribution in [2.75, 3.05) is 6.54 Å². The lowest BCUT2D eigenvalue weighted by molar-refractivity contribution is 0.176. The van der Waals surface area contributed by atoms with Gasteiger partial charge in [-0.15, -0.1) is 11.3 Å². The fourth-order valence-electron chi connectivity index (χ4n) is 2.69. The first-order chi connectivity index (χ1) is 7.22. The third-order valence-corrected chi connectivity index (χ3v) is 4.43. The molecule has 2 rings (SSSR count). The Kier molecular flexibility index (Phi) is 3.44. The zero-order valence-electron chi connectivity index (χ0n) is 9.44. The van der Waals surface area contributed by atoms with E-state index in [1.54, 1.807) is 0 Å². The van der Waals surface area contributed by atoms with Crippen LogP contribution in [0.4, 0.5) is 0 Å². The van der Waals surface area contributed by atoms with Crippen LogP contribution < -0.4 is 11.1 Å². The van der Waals surface area contributed by atoms with Crippen molar-refractivity contribution >= 4 is 11.3 Å². The minimum Gasteiger partial charge on any atom is -0.330 e. The smallest absolute Gasteiger partial charge is 0.0460 e. The molecular formula is C12H20N2S. The highest BCUT2D eigenvalue weighted by atomic mass is 32.1. The molecule has 0 bridgehead atoms. The van der Waals surface area contributed by atoms with Gasteiger partial charge in [-0.1, -0.05) is 13.0 Å². The maximum Gasteiger partial charge on any atom is 0.0460 e. The van der Waals surface area contributed by atoms with Gasteiger partial charge >= 0.3 is 0 Å². The largest absolute Gasteiger partial charge is 0.330 e. The van der Waals surface area contributed by atoms with E-state index in [4.69, 9.17) is 5.73 Å². The molecule has 4 unspecified atom stereocenters. The molecule has 4 atom stereocenters. The molecule has 0 aliphatic carbocycles. The Morgan fingerprint density at radius 3 is 2.93 bits per heavy atom. The SMILES string of the molecule is CC1CC(C)C(CN)C(c2cccs2)N1. The Morgan fingerprint density at radius 2 is 2.33 bits per heavy atom. The highest BCUT2D eigenvalue weighted by molar-refractivity contribution is 7.10. The van der Waals surface area contributed by atoms with Gasteiger partial charge in [0, 0.05) is 17.0 Å². The van der Waals surface area contributed by atoms with Gasteiger partial charge in [0.05, 0.1) is 0 Å². The Labute approximate surface area is 95.9 Å². The number of hydrogen-bond donors (Lipinski definition) is 2. The summed E-state index contributed by atoms with van der Waals surface area (Å²) < 4.78 is 0. The molecular weight excluding hydrogens is 204 g/mol. The molecule has 1 fully saturated rings. The molecule has 84 valence electrons. The monoisotopic (exact) mass is 224 g/mol. The van der Waals surface area contributed by atoms with Crippen LogP contribution in [0, 0.1) is 11.8 Å². The number of nitrogens with one attached hydrogen (secondary N) is 1. The summed E-state index contributed by atoms with van der Waals surface area (Å²) in [6.07, 6.45) is 1.24. The fourth-order valence-corrected chi connectivity index (χ4v) is 3.55. The minimum absolute atomic E-state index is 0.466. The van der Waals surface area contributed by atoms with Gasteiger partial charge in [-0.3, -0.25) is 0 Å². The number of hydrogen-bond acceptors (Lipinski definition) is 3. The first-order valence-electron chi connectivity index (χ1n) is 5.72. The van der Waals surface area contributed by atoms with Crippen molar-refractivity contribution in [2.24, 2.45) is 17.6 Å². The average Bonchev–Trinajstić information content (AvgIpc) is 2.69. The number of rotatable bonds is 2. The lowest BCUT2D eigenvalue weighted by Crippen LogP contribution is -2.46. The lowest BCUT2D eigenvalue weighted by atomic mass is 9.79. The second-order valence-electron chi connectivity index (χ2n) is 4.67. The maximum absolute atomic E-state index is 5.90. The Morgan fingerprint density at radius 1 is 1.53 bits per heavy atom. The summed E-state index contributed by atoms with van der Waals surface area (Å²) >= 11 is 1.83. The van der Waals surface area contributed by atoms with E-state index in [2.05, 4.69) is 36.7 Å². The van der Waals surface area contributed by atoms with Crippen LogP contribution in [0.5, 0.6) is 0 Å². The molecule has 2 nitrogen and oxygen atoms in total. The topological polar surface area (TPSA) is 38.0 Å². The van der Waals surface area contributed by atoms with Crippen LogP contribution >= 0.6 is 11.3 Å². The van der Waals surface area contributed by atoms with Crippen molar-refractivity contribution < 1.29 is 0 Å². The molecule has 1 aromatic rings. The van der Waals surface area contributed by atoms with E-state index in [1.165, 1.54) is 11.3 Å². The third-order valence-electron chi connectivity index (χ3n) is 3.47. The summed E-state index contributed by atoms with van der Waals surface area (Å²) in [5.74, 6) is 1.30. The Balaban J connectivity index is 2.19. The predicted molar refractivity (Wildman–Crippen MR) is 66.0 cm³/mol. The van der Waals surface area contributed by atoms with Gasteiger partial charge in [-0.05, 0) is 43.2 Å². The number of thiophene rings is 1. The molecule has 0 radical (unpaired) electrons. The van der Waals surface area contributed by atoms with Gasteiger partial charge in [-0.25, -0.2) is 0 Å². The van der Waals surface area contributed by atoms with Crippen molar-refractivity contribution in [1.29, 1.82) is 0 Å². The van der Waals surface area contributed by atoms with Crippen molar-refractivity contribution in [1.82, 2.24) is 5.32 Å². The van der Waals surface area contributed by atoms with E-state index in [1.807, 2.05) is 11.3 Å². The molecule has 1 aromatic heterocycles.